The molecule has 0 spiro atoms. The average Bonchev–Trinajstić information content (AvgIpc) is 2.94. The van der Waals surface area contributed by atoms with Gasteiger partial charge in [-0.1, -0.05) is 52.7 Å². The minimum Gasteiger partial charge on any atom is -0.497 e. The van der Waals surface area contributed by atoms with Crippen molar-refractivity contribution in [2.24, 2.45) is 0 Å². The molecule has 3 aromatic rings. The number of benzene rings is 3. The molecule has 0 aliphatic rings. The van der Waals surface area contributed by atoms with E-state index in [0.717, 1.165) is 26.3 Å². The number of nitrogens with zero attached hydrogens (tertiary/aromatic N) is 2. The Kier molecular flexibility index (Phi) is 10.8. The Bertz CT molecular complexity index is 1410. The first-order valence-corrected chi connectivity index (χ1v) is 15.3. The van der Waals surface area contributed by atoms with Crippen molar-refractivity contribution in [1.82, 2.24) is 10.2 Å². The van der Waals surface area contributed by atoms with Crippen LogP contribution in [0.15, 0.2) is 82.2 Å². The summed E-state index contributed by atoms with van der Waals surface area (Å²) in [6.45, 7) is 7.04. The highest BCUT2D eigenvalue weighted by Crippen LogP contribution is 2.26. The quantitative estimate of drug-likeness (QED) is 0.294. The van der Waals surface area contributed by atoms with Crippen molar-refractivity contribution in [3.63, 3.8) is 0 Å². The van der Waals surface area contributed by atoms with Crippen LogP contribution in [0, 0.1) is 6.92 Å². The van der Waals surface area contributed by atoms with E-state index in [2.05, 4.69) is 21.2 Å². The van der Waals surface area contributed by atoms with E-state index in [0.29, 0.717) is 11.4 Å². The number of methoxy groups -OCH3 is 1. The molecule has 0 radical (unpaired) electrons. The number of rotatable bonds is 12. The number of amides is 2. The summed E-state index contributed by atoms with van der Waals surface area (Å²) in [5, 5.41) is 2.93. The van der Waals surface area contributed by atoms with Crippen molar-refractivity contribution in [3.05, 3.63) is 88.4 Å². The smallest absolute Gasteiger partial charge is 0.264 e. The minimum absolute atomic E-state index is 0.0165. The number of sulfonamides is 1. The number of ether oxygens (including phenoxy) is 1. The van der Waals surface area contributed by atoms with E-state index in [1.165, 1.54) is 24.1 Å². The van der Waals surface area contributed by atoms with Gasteiger partial charge in [0, 0.05) is 17.1 Å². The van der Waals surface area contributed by atoms with Crippen LogP contribution in [0.25, 0.3) is 0 Å². The van der Waals surface area contributed by atoms with E-state index in [4.69, 9.17) is 4.74 Å². The van der Waals surface area contributed by atoms with Crippen LogP contribution in [0.2, 0.25) is 0 Å². The molecule has 3 aromatic carbocycles. The van der Waals surface area contributed by atoms with Crippen LogP contribution in [0.3, 0.4) is 0 Å². The zero-order chi connectivity index (χ0) is 29.4. The van der Waals surface area contributed by atoms with Gasteiger partial charge in [-0.3, -0.25) is 13.9 Å². The summed E-state index contributed by atoms with van der Waals surface area (Å²) in [5.74, 6) is -0.305. The van der Waals surface area contributed by atoms with E-state index in [9.17, 15) is 18.0 Å². The van der Waals surface area contributed by atoms with Gasteiger partial charge >= 0.3 is 0 Å². The summed E-state index contributed by atoms with van der Waals surface area (Å²) >= 11 is 3.46. The van der Waals surface area contributed by atoms with Gasteiger partial charge < -0.3 is 15.0 Å². The van der Waals surface area contributed by atoms with Crippen molar-refractivity contribution in [1.29, 1.82) is 0 Å². The number of carbonyl (C=O) groups excluding carboxylic acids is 2. The maximum atomic E-state index is 14.0. The van der Waals surface area contributed by atoms with Gasteiger partial charge in [-0.15, -0.1) is 0 Å². The molecule has 0 aromatic heterocycles. The lowest BCUT2D eigenvalue weighted by molar-refractivity contribution is -0.139. The molecule has 8 nitrogen and oxygen atoms in total. The lowest BCUT2D eigenvalue weighted by atomic mass is 10.1. The van der Waals surface area contributed by atoms with Crippen LogP contribution in [0.5, 0.6) is 5.75 Å². The Hall–Kier alpha value is -3.37. The lowest BCUT2D eigenvalue weighted by Crippen LogP contribution is -2.52. The average molecular weight is 631 g/mol. The second-order valence-electron chi connectivity index (χ2n) is 9.67. The van der Waals surface area contributed by atoms with E-state index in [1.54, 1.807) is 43.3 Å². The van der Waals surface area contributed by atoms with Crippen molar-refractivity contribution in [2.45, 2.75) is 57.6 Å². The van der Waals surface area contributed by atoms with E-state index in [-0.39, 0.29) is 23.4 Å². The molecule has 40 heavy (non-hydrogen) atoms. The van der Waals surface area contributed by atoms with Gasteiger partial charge in [0.15, 0.2) is 0 Å². The van der Waals surface area contributed by atoms with Gasteiger partial charge in [-0.05, 0) is 81.3 Å². The molecule has 10 heteroatoms. The minimum atomic E-state index is -4.15. The predicted octanol–water partition coefficient (Wildman–Crippen LogP) is 5.29. The predicted molar refractivity (Wildman–Crippen MR) is 161 cm³/mol. The third-order valence-corrected chi connectivity index (χ3v) is 8.94. The maximum absolute atomic E-state index is 14.0. The summed E-state index contributed by atoms with van der Waals surface area (Å²) in [5.41, 5.74) is 2.09. The van der Waals surface area contributed by atoms with Gasteiger partial charge in [0.1, 0.15) is 18.3 Å². The van der Waals surface area contributed by atoms with Crippen LogP contribution in [-0.2, 0) is 26.2 Å². The number of halogens is 1. The van der Waals surface area contributed by atoms with Gasteiger partial charge in [-0.25, -0.2) is 8.42 Å². The third kappa shape index (κ3) is 7.85. The normalized spacial score (nSPS) is 12.8. The topological polar surface area (TPSA) is 96.0 Å². The Labute approximate surface area is 245 Å². The first kappa shape index (κ1) is 31.2. The summed E-state index contributed by atoms with van der Waals surface area (Å²) < 4.78 is 34.9. The number of nitrogens with one attached hydrogen (secondary N) is 1. The second-order valence-corrected chi connectivity index (χ2v) is 12.4. The highest BCUT2D eigenvalue weighted by molar-refractivity contribution is 9.10. The second kappa shape index (κ2) is 13.8. The fraction of sp³-hybridized carbons (Fsp3) is 0.333. The van der Waals surface area contributed by atoms with E-state index in [1.807, 2.05) is 45.0 Å². The van der Waals surface area contributed by atoms with Crippen molar-refractivity contribution < 1.29 is 22.7 Å². The highest BCUT2D eigenvalue weighted by atomic mass is 79.9. The Morgan fingerprint density at radius 3 is 2.23 bits per heavy atom. The molecule has 0 bridgehead atoms. The van der Waals surface area contributed by atoms with Crippen LogP contribution >= 0.6 is 15.9 Å². The van der Waals surface area contributed by atoms with Crippen molar-refractivity contribution in [3.8, 4) is 5.75 Å². The summed E-state index contributed by atoms with van der Waals surface area (Å²) in [6, 6.07) is 19.4. The highest BCUT2D eigenvalue weighted by Gasteiger charge is 2.32. The number of carbonyl (C=O) groups is 2. The monoisotopic (exact) mass is 629 g/mol. The van der Waals surface area contributed by atoms with Gasteiger partial charge in [0.25, 0.3) is 10.0 Å². The number of hydrogen-bond acceptors (Lipinski definition) is 5. The molecule has 0 saturated heterocycles. The molecule has 2 amide bonds. The molecule has 0 fully saturated rings. The number of hydrogen-bond donors (Lipinski definition) is 1. The van der Waals surface area contributed by atoms with Crippen LogP contribution in [0.1, 0.15) is 38.3 Å². The fourth-order valence-electron chi connectivity index (χ4n) is 3.99. The lowest BCUT2D eigenvalue weighted by Gasteiger charge is -2.32. The molecular weight excluding hydrogens is 594 g/mol. The van der Waals surface area contributed by atoms with E-state index < -0.39 is 28.5 Å². The first-order chi connectivity index (χ1) is 19.0. The van der Waals surface area contributed by atoms with Crippen LogP contribution in [0.4, 0.5) is 5.69 Å². The summed E-state index contributed by atoms with van der Waals surface area (Å²) in [7, 11) is -2.65. The number of aryl methyl sites for hydroxylation is 1. The molecule has 1 N–H and O–H groups in total. The first-order valence-electron chi connectivity index (χ1n) is 13.0. The fourth-order valence-corrected chi connectivity index (χ4v) is 5.86. The SMILES string of the molecule is CC[C@H](C)NC(=O)[C@@H](C)N(Cc1cccc(Br)c1)C(=O)CN(c1ccc(C)cc1)S(=O)(=O)c1ccc(OC)cc1. The van der Waals surface area contributed by atoms with Gasteiger partial charge in [0.2, 0.25) is 11.8 Å². The molecule has 0 heterocycles. The van der Waals surface area contributed by atoms with E-state index >= 15 is 0 Å². The van der Waals surface area contributed by atoms with Crippen LogP contribution < -0.4 is 14.4 Å². The molecule has 3 rings (SSSR count). The molecule has 0 aliphatic carbocycles. The van der Waals surface area contributed by atoms with Gasteiger partial charge in [-0.2, -0.15) is 0 Å². The third-order valence-electron chi connectivity index (χ3n) is 6.66. The Balaban J connectivity index is 2.02. The zero-order valence-corrected chi connectivity index (χ0v) is 25.8. The molecule has 0 saturated carbocycles. The molecule has 0 unspecified atom stereocenters. The molecular formula is C30H36BrN3O5S. The van der Waals surface area contributed by atoms with Crippen LogP contribution in [-0.4, -0.2) is 50.9 Å². The van der Waals surface area contributed by atoms with Crippen molar-refractivity contribution >= 4 is 43.5 Å². The summed E-state index contributed by atoms with van der Waals surface area (Å²) in [6.07, 6.45) is 0.735. The zero-order valence-electron chi connectivity index (χ0n) is 23.4. The van der Waals surface area contributed by atoms with Gasteiger partial charge in [0.05, 0.1) is 17.7 Å². The van der Waals surface area contributed by atoms with Crippen molar-refractivity contribution in [2.75, 3.05) is 18.0 Å². The molecule has 0 aliphatic heterocycles. The largest absolute Gasteiger partial charge is 0.497 e. The number of anilines is 1. The standard InChI is InChI=1S/C30H36BrN3O5S/c1-6-22(3)32-30(36)23(4)33(19-24-8-7-9-25(31)18-24)29(35)20-34(26-12-10-21(2)11-13-26)40(37,38)28-16-14-27(39-5)15-17-28/h7-18,22-23H,6,19-20H2,1-5H3,(H,32,36)/t22-,23+/m0/s1. The Morgan fingerprint density at radius 2 is 1.65 bits per heavy atom. The molecule has 214 valence electrons. The molecule has 2 atom stereocenters. The maximum Gasteiger partial charge on any atom is 0.264 e. The summed E-state index contributed by atoms with van der Waals surface area (Å²) in [4.78, 5) is 28.5. The Morgan fingerprint density at radius 1 is 1.00 bits per heavy atom.